The van der Waals surface area contributed by atoms with Crippen LogP contribution in [0.2, 0.25) is 0 Å². The molecule has 6 nitrogen and oxygen atoms in total. The van der Waals surface area contributed by atoms with Gasteiger partial charge in [-0.05, 0) is 70.3 Å². The van der Waals surface area contributed by atoms with Crippen LogP contribution in [0.4, 0.5) is 13.2 Å². The Hall–Kier alpha value is -4.90. The highest BCUT2D eigenvalue weighted by atomic mass is 32.2. The number of hydrogen-bond acceptors (Lipinski definition) is 4. The molecule has 0 N–H and O–H groups in total. The first kappa shape index (κ1) is 24.8. The first-order chi connectivity index (χ1) is 18.0. The SMILES string of the molecule is [C-]#[N+]/C(C#N)=c1/c2c(/c(=C(\C#N)[N+]#[C-])c3c1-c1c(C)cccc1C3)-c1c(cccc1S(=O)(=O)C(F)(F)F)C2. The third kappa shape index (κ3) is 3.18. The van der Waals surface area contributed by atoms with E-state index < -0.39 is 25.9 Å². The Morgan fingerprint density at radius 3 is 1.79 bits per heavy atom. The molecule has 3 aromatic carbocycles. The molecule has 0 heterocycles. The van der Waals surface area contributed by atoms with Gasteiger partial charge in [0.05, 0.1) is 30.2 Å². The van der Waals surface area contributed by atoms with Crippen molar-refractivity contribution >= 4 is 21.2 Å². The molecule has 38 heavy (non-hydrogen) atoms. The smallest absolute Gasteiger partial charge is 0.226 e. The zero-order chi connectivity index (χ0) is 27.6. The molecule has 0 spiro atoms. The number of alkyl halides is 3. The van der Waals surface area contributed by atoms with Crippen LogP contribution in [0.1, 0.15) is 27.8 Å². The summed E-state index contributed by atoms with van der Waals surface area (Å²) in [6.45, 7) is 17.2. The fraction of sp³-hybridized carbons (Fsp3) is 0.143. The maximum atomic E-state index is 13.7. The second-order valence-electron chi connectivity index (χ2n) is 8.80. The molecule has 0 aromatic heterocycles. The number of nitriles is 2. The van der Waals surface area contributed by atoms with Crippen LogP contribution in [-0.2, 0) is 22.7 Å². The molecule has 2 aliphatic carbocycles. The number of benzene rings is 3. The van der Waals surface area contributed by atoms with Gasteiger partial charge in [-0.1, -0.05) is 30.3 Å². The number of hydrogen-bond donors (Lipinski definition) is 0. The van der Waals surface area contributed by atoms with Crippen molar-refractivity contribution in [2.24, 2.45) is 0 Å². The Morgan fingerprint density at radius 2 is 1.32 bits per heavy atom. The van der Waals surface area contributed by atoms with Crippen molar-refractivity contribution in [1.29, 1.82) is 10.5 Å². The molecular weight excluding hydrogens is 513 g/mol. The zero-order valence-corrected chi connectivity index (χ0v) is 20.3. The molecule has 0 fully saturated rings. The summed E-state index contributed by atoms with van der Waals surface area (Å²) in [4.78, 5) is 5.75. The van der Waals surface area contributed by atoms with E-state index in [0.717, 1.165) is 22.8 Å². The van der Waals surface area contributed by atoms with Crippen molar-refractivity contribution in [2.75, 3.05) is 0 Å². The molecule has 0 atom stereocenters. The van der Waals surface area contributed by atoms with Crippen LogP contribution in [0.15, 0.2) is 41.3 Å². The van der Waals surface area contributed by atoms with E-state index in [1.807, 2.05) is 37.3 Å². The third-order valence-corrected chi connectivity index (χ3v) is 8.45. The molecule has 10 heteroatoms. The maximum Gasteiger partial charge on any atom is 0.501 e. The quantitative estimate of drug-likeness (QED) is 0.300. The van der Waals surface area contributed by atoms with Crippen molar-refractivity contribution in [3.63, 3.8) is 0 Å². The Bertz CT molecular complexity index is 2000. The monoisotopic (exact) mass is 526 g/mol. The summed E-state index contributed by atoms with van der Waals surface area (Å²) < 4.78 is 66.5. The fourth-order valence-corrected chi connectivity index (χ4v) is 6.53. The summed E-state index contributed by atoms with van der Waals surface area (Å²) in [5.74, 6) is 0. The topological polar surface area (TPSA) is 90.4 Å². The number of aryl methyl sites for hydroxylation is 1. The Labute approximate surface area is 215 Å². The van der Waals surface area contributed by atoms with Crippen molar-refractivity contribution in [1.82, 2.24) is 0 Å². The molecule has 3 aromatic rings. The highest BCUT2D eigenvalue weighted by Crippen LogP contribution is 2.45. The predicted molar refractivity (Wildman–Crippen MR) is 131 cm³/mol. The molecule has 0 aliphatic heterocycles. The van der Waals surface area contributed by atoms with Gasteiger partial charge in [0.15, 0.2) is 0 Å². The summed E-state index contributed by atoms with van der Waals surface area (Å²) in [5.41, 5.74) is -2.92. The van der Waals surface area contributed by atoms with E-state index >= 15 is 0 Å². The lowest BCUT2D eigenvalue weighted by atomic mass is 9.89. The van der Waals surface area contributed by atoms with Crippen LogP contribution in [0.5, 0.6) is 0 Å². The maximum absolute atomic E-state index is 13.7. The second-order valence-corrected chi connectivity index (χ2v) is 10.7. The molecule has 0 amide bonds. The van der Waals surface area contributed by atoms with Gasteiger partial charge >= 0.3 is 5.51 Å². The van der Waals surface area contributed by atoms with Gasteiger partial charge in [-0.15, -0.1) is 0 Å². The largest absolute Gasteiger partial charge is 0.501 e. The zero-order valence-electron chi connectivity index (χ0n) is 19.5. The van der Waals surface area contributed by atoms with Crippen LogP contribution in [0.25, 0.3) is 43.3 Å². The van der Waals surface area contributed by atoms with E-state index in [1.54, 1.807) is 0 Å². The summed E-state index contributed by atoms with van der Waals surface area (Å²) in [6.07, 6.45) is 0.100. The summed E-state index contributed by atoms with van der Waals surface area (Å²) in [7, 11) is -5.82. The average molecular weight is 526 g/mol. The number of rotatable bonds is 1. The molecule has 0 bridgehead atoms. The first-order valence-electron chi connectivity index (χ1n) is 11.1. The Morgan fingerprint density at radius 1 is 0.842 bits per heavy atom. The van der Waals surface area contributed by atoms with E-state index in [2.05, 4.69) is 9.69 Å². The summed E-state index contributed by atoms with van der Waals surface area (Å²) in [6, 6.07) is 12.7. The van der Waals surface area contributed by atoms with Gasteiger partial charge in [0, 0.05) is 16.0 Å². The summed E-state index contributed by atoms with van der Waals surface area (Å²) in [5, 5.41) is 20.0. The lowest BCUT2D eigenvalue weighted by Crippen LogP contribution is -2.27. The fourth-order valence-electron chi connectivity index (χ4n) is 5.53. The van der Waals surface area contributed by atoms with Crippen LogP contribution in [0, 0.1) is 42.7 Å². The van der Waals surface area contributed by atoms with E-state index in [1.165, 1.54) is 12.1 Å². The molecule has 184 valence electrons. The van der Waals surface area contributed by atoms with Crippen molar-refractivity contribution < 1.29 is 21.6 Å². The predicted octanol–water partition coefficient (Wildman–Crippen LogP) is 4.53. The Kier molecular flexibility index (Phi) is 5.42. The highest BCUT2D eigenvalue weighted by Gasteiger charge is 2.49. The number of fused-ring (bicyclic) bond motifs is 6. The van der Waals surface area contributed by atoms with Gasteiger partial charge in [-0.2, -0.15) is 13.2 Å². The lowest BCUT2D eigenvalue weighted by Gasteiger charge is -2.16. The minimum absolute atomic E-state index is 0.0217. The van der Waals surface area contributed by atoms with Gasteiger partial charge in [-0.3, -0.25) is 0 Å². The normalized spacial score (nSPS) is 14.5. The lowest BCUT2D eigenvalue weighted by molar-refractivity contribution is -0.0435. The summed E-state index contributed by atoms with van der Waals surface area (Å²) >= 11 is 0. The number of sulfone groups is 1. The van der Waals surface area contributed by atoms with Gasteiger partial charge < -0.3 is 0 Å². The van der Waals surface area contributed by atoms with E-state index in [0.29, 0.717) is 11.1 Å². The van der Waals surface area contributed by atoms with Crippen LogP contribution in [0.3, 0.4) is 0 Å². The van der Waals surface area contributed by atoms with Crippen LogP contribution < -0.4 is 10.4 Å². The molecular formula is C28H13F3N4O2S. The number of nitrogens with zero attached hydrogens (tertiary/aromatic N) is 4. The average Bonchev–Trinajstić information content (AvgIpc) is 3.45. The molecule has 2 aliphatic rings. The molecule has 0 unspecified atom stereocenters. The van der Waals surface area contributed by atoms with Crippen LogP contribution in [-0.4, -0.2) is 13.9 Å². The number of halogens is 3. The first-order valence-corrected chi connectivity index (χ1v) is 12.5. The molecule has 0 saturated carbocycles. The van der Waals surface area contributed by atoms with E-state index in [4.69, 9.17) is 13.1 Å². The third-order valence-electron chi connectivity index (χ3n) is 6.92. The van der Waals surface area contributed by atoms with E-state index in [9.17, 15) is 32.1 Å². The second kappa shape index (κ2) is 8.32. The van der Waals surface area contributed by atoms with Gasteiger partial charge in [0.1, 0.15) is 0 Å². The van der Waals surface area contributed by atoms with Crippen molar-refractivity contribution in [3.8, 4) is 34.4 Å². The van der Waals surface area contributed by atoms with Gasteiger partial charge in [0.25, 0.3) is 21.2 Å². The van der Waals surface area contributed by atoms with Gasteiger partial charge in [-0.25, -0.2) is 28.6 Å². The van der Waals surface area contributed by atoms with Gasteiger partial charge in [0.2, 0.25) is 0 Å². The van der Waals surface area contributed by atoms with E-state index in [-0.39, 0.29) is 51.2 Å². The minimum atomic E-state index is -5.82. The van der Waals surface area contributed by atoms with Crippen molar-refractivity contribution in [3.05, 3.63) is 97.5 Å². The molecule has 0 saturated heterocycles. The minimum Gasteiger partial charge on any atom is -0.226 e. The molecule has 0 radical (unpaired) electrons. The Balaban J connectivity index is 2.15. The van der Waals surface area contributed by atoms with Crippen LogP contribution >= 0.6 is 0 Å². The standard InChI is InChI=1S/C28H13F3N4O2S/c1-14-6-4-7-15-10-17-25(20(13-33)35-3)27-18(24(19(12-32)34-2)26(17)22(14)15)11-16-8-5-9-21(23(16)27)38(36,37)28(29,30)31/h4-9H,10-11H2,1H3/b24-19-,25-20+. The molecule has 5 rings (SSSR count). The highest BCUT2D eigenvalue weighted by molar-refractivity contribution is 7.92. The van der Waals surface area contributed by atoms with Crippen molar-refractivity contribution in [2.45, 2.75) is 30.2 Å².